The van der Waals surface area contributed by atoms with E-state index in [-0.39, 0.29) is 6.42 Å². The van der Waals surface area contributed by atoms with Crippen LogP contribution in [0.4, 0.5) is 0 Å². The van der Waals surface area contributed by atoms with E-state index in [1.54, 1.807) is 0 Å². The minimum Gasteiger partial charge on any atom is -0.481 e. The molecule has 0 aromatic heterocycles. The Morgan fingerprint density at radius 2 is 2.14 bits per heavy atom. The monoisotopic (exact) mass is 193 g/mol. The summed E-state index contributed by atoms with van der Waals surface area (Å²) in [7, 11) is 0. The largest absolute Gasteiger partial charge is 0.481 e. The minimum atomic E-state index is -0.863. The zero-order chi connectivity index (χ0) is 10.7. The first-order valence-corrected chi connectivity index (χ1v) is 4.56. The van der Waals surface area contributed by atoms with Crippen molar-refractivity contribution in [1.29, 1.82) is 0 Å². The van der Waals surface area contributed by atoms with E-state index in [9.17, 15) is 4.79 Å². The molecule has 0 spiro atoms. The highest BCUT2D eigenvalue weighted by Gasteiger charge is 2.13. The van der Waals surface area contributed by atoms with Crippen LogP contribution in [0.5, 0.6) is 0 Å². The molecule has 0 radical (unpaired) electrons. The van der Waals surface area contributed by atoms with E-state index in [1.165, 1.54) is 0 Å². The summed E-state index contributed by atoms with van der Waals surface area (Å²) in [5.41, 5.74) is 8.93. The van der Waals surface area contributed by atoms with Crippen LogP contribution in [0.3, 0.4) is 0 Å². The summed E-state index contributed by atoms with van der Waals surface area (Å²) in [6.07, 6.45) is -0.0235. The Morgan fingerprint density at radius 3 is 2.71 bits per heavy atom. The lowest BCUT2D eigenvalue weighted by molar-refractivity contribution is -0.137. The van der Waals surface area contributed by atoms with Crippen LogP contribution >= 0.6 is 0 Å². The van der Waals surface area contributed by atoms with Crippen LogP contribution in [0.25, 0.3) is 0 Å². The quantitative estimate of drug-likeness (QED) is 0.769. The summed E-state index contributed by atoms with van der Waals surface area (Å²) in [5.74, 6) is -0.863. The third kappa shape index (κ3) is 2.33. The molecule has 0 fully saturated rings. The molecule has 0 saturated carbocycles. The lowest BCUT2D eigenvalue weighted by Gasteiger charge is -2.14. The first kappa shape index (κ1) is 10.7. The molecule has 3 heteroatoms. The highest BCUT2D eigenvalue weighted by Crippen LogP contribution is 2.20. The van der Waals surface area contributed by atoms with Gasteiger partial charge in [0.25, 0.3) is 0 Å². The third-order valence-electron chi connectivity index (χ3n) is 2.44. The van der Waals surface area contributed by atoms with Crippen molar-refractivity contribution in [2.75, 3.05) is 0 Å². The molecule has 0 aliphatic carbocycles. The third-order valence-corrected chi connectivity index (χ3v) is 2.44. The number of rotatable bonds is 3. The van der Waals surface area contributed by atoms with Gasteiger partial charge in [0.2, 0.25) is 0 Å². The van der Waals surface area contributed by atoms with Gasteiger partial charge in [0.05, 0.1) is 6.42 Å². The van der Waals surface area contributed by atoms with Crippen molar-refractivity contribution in [2.24, 2.45) is 5.73 Å². The number of hydrogen-bond acceptors (Lipinski definition) is 2. The Morgan fingerprint density at radius 1 is 1.50 bits per heavy atom. The second-order valence-corrected chi connectivity index (χ2v) is 3.49. The molecule has 0 saturated heterocycles. The van der Waals surface area contributed by atoms with Gasteiger partial charge in [-0.15, -0.1) is 0 Å². The van der Waals surface area contributed by atoms with E-state index in [0.717, 1.165) is 16.7 Å². The number of carbonyl (C=O) groups is 1. The molecule has 0 heterocycles. The number of benzene rings is 1. The van der Waals surface area contributed by atoms with E-state index in [4.69, 9.17) is 10.8 Å². The molecular formula is C11H15NO2. The molecular weight excluding hydrogens is 178 g/mol. The van der Waals surface area contributed by atoms with E-state index in [2.05, 4.69) is 0 Å². The first-order valence-electron chi connectivity index (χ1n) is 4.56. The molecule has 14 heavy (non-hydrogen) atoms. The zero-order valence-corrected chi connectivity index (χ0v) is 8.45. The predicted octanol–water partition coefficient (Wildman–Crippen LogP) is 1.78. The number of hydrogen-bond donors (Lipinski definition) is 2. The molecule has 3 N–H and O–H groups in total. The van der Waals surface area contributed by atoms with E-state index < -0.39 is 12.0 Å². The number of aliphatic carboxylic acids is 1. The average molecular weight is 193 g/mol. The Bertz CT molecular complexity index is 347. The maximum absolute atomic E-state index is 10.5. The minimum absolute atomic E-state index is 0.0235. The molecule has 0 aliphatic rings. The van der Waals surface area contributed by atoms with Gasteiger partial charge < -0.3 is 10.8 Å². The summed E-state index contributed by atoms with van der Waals surface area (Å²) < 4.78 is 0. The van der Waals surface area contributed by atoms with Gasteiger partial charge in [0.15, 0.2) is 0 Å². The van der Waals surface area contributed by atoms with Crippen LogP contribution in [0.2, 0.25) is 0 Å². The Kier molecular flexibility index (Phi) is 3.25. The van der Waals surface area contributed by atoms with Gasteiger partial charge in [-0.2, -0.15) is 0 Å². The van der Waals surface area contributed by atoms with Gasteiger partial charge >= 0.3 is 5.97 Å². The highest BCUT2D eigenvalue weighted by atomic mass is 16.4. The smallest absolute Gasteiger partial charge is 0.305 e. The molecule has 3 nitrogen and oxygen atoms in total. The standard InChI is InChI=1S/C11H15NO2/c1-7-4-3-5-9(8(7)2)10(12)6-11(13)14/h3-5,10H,6,12H2,1-2H3,(H,13,14). The summed E-state index contributed by atoms with van der Waals surface area (Å²) in [6, 6.07) is 5.37. The van der Waals surface area contributed by atoms with Crippen molar-refractivity contribution in [3.8, 4) is 0 Å². The Labute approximate surface area is 83.6 Å². The van der Waals surface area contributed by atoms with Crippen molar-refractivity contribution in [2.45, 2.75) is 26.3 Å². The molecule has 1 rings (SSSR count). The fraction of sp³-hybridized carbons (Fsp3) is 0.364. The molecule has 1 aromatic rings. The number of aryl methyl sites for hydroxylation is 1. The predicted molar refractivity (Wildman–Crippen MR) is 55.1 cm³/mol. The first-order chi connectivity index (χ1) is 6.52. The second kappa shape index (κ2) is 4.24. The van der Waals surface area contributed by atoms with Gasteiger partial charge in [-0.25, -0.2) is 0 Å². The van der Waals surface area contributed by atoms with E-state index in [0.29, 0.717) is 0 Å². The maximum atomic E-state index is 10.5. The molecule has 0 aliphatic heterocycles. The van der Waals surface area contributed by atoms with Crippen LogP contribution < -0.4 is 5.73 Å². The van der Waals surface area contributed by atoms with Crippen molar-refractivity contribution in [1.82, 2.24) is 0 Å². The molecule has 1 unspecified atom stereocenters. The van der Waals surface area contributed by atoms with Crippen molar-refractivity contribution in [3.63, 3.8) is 0 Å². The molecule has 0 amide bonds. The topological polar surface area (TPSA) is 63.3 Å². The van der Waals surface area contributed by atoms with Gasteiger partial charge in [0.1, 0.15) is 0 Å². The van der Waals surface area contributed by atoms with Crippen LogP contribution in [-0.2, 0) is 4.79 Å². The SMILES string of the molecule is Cc1cccc(C(N)CC(=O)O)c1C. The Balaban J connectivity index is 2.95. The fourth-order valence-corrected chi connectivity index (χ4v) is 1.47. The summed E-state index contributed by atoms with van der Waals surface area (Å²) in [4.78, 5) is 10.5. The van der Waals surface area contributed by atoms with Crippen molar-refractivity contribution >= 4 is 5.97 Å². The molecule has 0 bridgehead atoms. The second-order valence-electron chi connectivity index (χ2n) is 3.49. The molecule has 1 atom stereocenters. The van der Waals surface area contributed by atoms with Gasteiger partial charge in [-0.05, 0) is 30.5 Å². The number of nitrogens with two attached hydrogens (primary N) is 1. The number of carboxylic acids is 1. The van der Waals surface area contributed by atoms with Gasteiger partial charge in [-0.3, -0.25) is 4.79 Å². The zero-order valence-electron chi connectivity index (χ0n) is 8.45. The van der Waals surface area contributed by atoms with Crippen LogP contribution in [0.15, 0.2) is 18.2 Å². The van der Waals surface area contributed by atoms with Crippen LogP contribution in [-0.4, -0.2) is 11.1 Å². The van der Waals surface area contributed by atoms with Crippen molar-refractivity contribution < 1.29 is 9.90 Å². The van der Waals surface area contributed by atoms with Gasteiger partial charge in [0, 0.05) is 6.04 Å². The molecule has 76 valence electrons. The maximum Gasteiger partial charge on any atom is 0.305 e. The lowest BCUT2D eigenvalue weighted by Crippen LogP contribution is -2.16. The lowest BCUT2D eigenvalue weighted by atomic mass is 9.96. The normalized spacial score (nSPS) is 12.5. The average Bonchev–Trinajstić information content (AvgIpc) is 2.08. The van der Waals surface area contributed by atoms with E-state index >= 15 is 0 Å². The van der Waals surface area contributed by atoms with E-state index in [1.807, 2.05) is 32.0 Å². The number of carboxylic acid groups (broad SMARTS) is 1. The van der Waals surface area contributed by atoms with Gasteiger partial charge in [-0.1, -0.05) is 18.2 Å². The summed E-state index contributed by atoms with van der Waals surface area (Å²) >= 11 is 0. The van der Waals surface area contributed by atoms with Crippen LogP contribution in [0.1, 0.15) is 29.2 Å². The fourth-order valence-electron chi connectivity index (χ4n) is 1.47. The van der Waals surface area contributed by atoms with Crippen molar-refractivity contribution in [3.05, 3.63) is 34.9 Å². The summed E-state index contributed by atoms with van der Waals surface area (Å²) in [5, 5.41) is 8.63. The summed E-state index contributed by atoms with van der Waals surface area (Å²) in [6.45, 7) is 3.96. The Hall–Kier alpha value is -1.35. The van der Waals surface area contributed by atoms with Crippen LogP contribution in [0, 0.1) is 13.8 Å². The molecule has 1 aromatic carbocycles. The highest BCUT2D eigenvalue weighted by molar-refractivity contribution is 5.68.